The number of aliphatic carboxylic acids is 2. The Kier molecular flexibility index (Phi) is 12.5. The molecule has 4 rings (SSSR count). The number of nitrogens with two attached hydrogens (primary N) is 1. The fourth-order valence-corrected chi connectivity index (χ4v) is 4.27. The van der Waals surface area contributed by atoms with Gasteiger partial charge in [-0.25, -0.2) is 19.3 Å². The van der Waals surface area contributed by atoms with Crippen LogP contribution in [0.2, 0.25) is 0 Å². The number of primary amides is 1. The van der Waals surface area contributed by atoms with Gasteiger partial charge in [0.25, 0.3) is 5.91 Å². The lowest BCUT2D eigenvalue weighted by molar-refractivity contribution is -0.193. The number of aromatic nitrogens is 4. The third kappa shape index (κ3) is 11.1. The van der Waals surface area contributed by atoms with Gasteiger partial charge in [-0.1, -0.05) is 18.1 Å². The van der Waals surface area contributed by atoms with Crippen LogP contribution in [0.5, 0.6) is 0 Å². The maximum atomic E-state index is 11.7. The maximum Gasteiger partial charge on any atom is 0.490 e. The number of carboxylic acids is 2. The summed E-state index contributed by atoms with van der Waals surface area (Å²) in [5.74, 6) is -5.26. The van der Waals surface area contributed by atoms with Crippen LogP contribution in [0.3, 0.4) is 0 Å². The third-order valence-electron chi connectivity index (χ3n) is 6.32. The number of rotatable bonds is 5. The molecule has 1 amide bonds. The number of piperidine rings is 1. The number of pyridine rings is 1. The van der Waals surface area contributed by atoms with E-state index in [4.69, 9.17) is 25.5 Å². The van der Waals surface area contributed by atoms with E-state index in [9.17, 15) is 31.1 Å². The molecule has 0 radical (unpaired) electrons. The Bertz CT molecular complexity index is 1150. The van der Waals surface area contributed by atoms with E-state index in [1.165, 1.54) is 25.7 Å². The Hall–Kier alpha value is -3.96. The van der Waals surface area contributed by atoms with Crippen LogP contribution in [0, 0.1) is 0 Å². The number of carbonyl (C=O) groups excluding carboxylic acids is 1. The molecule has 12 nitrogen and oxygen atoms in total. The molecule has 0 saturated carbocycles. The molecule has 2 fully saturated rings. The summed E-state index contributed by atoms with van der Waals surface area (Å²) in [6.45, 7) is 4.87. The standard InChI is InChI=1S/C20H29N7O.2C2HF3O2/c21-19(28)18-6-5-9-22-20(18)26-12-7-17(8-13-26)27-15-16(23-24-27)14-25-10-3-1-2-4-11-25;2*3-2(4,5)1(6)7/h5-6,9,15,17H,1-4,7-8,10-14H2,(H2,21,28);2*(H,6,7). The van der Waals surface area contributed by atoms with Crippen molar-refractivity contribution in [1.82, 2.24) is 24.9 Å². The Morgan fingerprint density at radius 2 is 1.43 bits per heavy atom. The first-order chi connectivity index (χ1) is 19.6. The van der Waals surface area contributed by atoms with Crippen LogP contribution in [0.4, 0.5) is 32.2 Å². The molecule has 0 bridgehead atoms. The molecule has 18 heteroatoms. The molecule has 4 heterocycles. The minimum Gasteiger partial charge on any atom is -0.475 e. The highest BCUT2D eigenvalue weighted by molar-refractivity contribution is 5.97. The topological polar surface area (TPSA) is 168 Å². The zero-order chi connectivity index (χ0) is 31.5. The number of anilines is 1. The van der Waals surface area contributed by atoms with Gasteiger partial charge in [-0.05, 0) is 50.9 Å². The van der Waals surface area contributed by atoms with Gasteiger partial charge in [0, 0.05) is 25.8 Å². The molecule has 2 aromatic heterocycles. The average Bonchev–Trinajstić information content (AvgIpc) is 3.23. The second-order valence-electron chi connectivity index (χ2n) is 9.44. The normalized spacial score (nSPS) is 16.8. The largest absolute Gasteiger partial charge is 0.490 e. The van der Waals surface area contributed by atoms with Crippen molar-refractivity contribution in [1.29, 1.82) is 0 Å². The summed E-state index contributed by atoms with van der Waals surface area (Å²) in [7, 11) is 0. The van der Waals surface area contributed by atoms with Crippen LogP contribution in [0.25, 0.3) is 0 Å². The molecule has 0 atom stereocenters. The van der Waals surface area contributed by atoms with Gasteiger partial charge in [-0.2, -0.15) is 26.3 Å². The van der Waals surface area contributed by atoms with Gasteiger partial charge in [0.1, 0.15) is 5.82 Å². The van der Waals surface area contributed by atoms with Crippen molar-refractivity contribution < 1.29 is 50.9 Å². The number of likely N-dealkylation sites (tertiary alicyclic amines) is 1. The van der Waals surface area contributed by atoms with Crippen molar-refractivity contribution in [3.8, 4) is 0 Å². The van der Waals surface area contributed by atoms with Crippen LogP contribution >= 0.6 is 0 Å². The lowest BCUT2D eigenvalue weighted by Gasteiger charge is -2.33. The first kappa shape index (κ1) is 34.2. The summed E-state index contributed by atoms with van der Waals surface area (Å²) < 4.78 is 65.5. The molecule has 0 unspecified atom stereocenters. The van der Waals surface area contributed by atoms with Crippen molar-refractivity contribution in [3.05, 3.63) is 35.8 Å². The van der Waals surface area contributed by atoms with Gasteiger partial charge in [-0.3, -0.25) is 9.69 Å². The number of carboxylic acid groups (broad SMARTS) is 2. The highest BCUT2D eigenvalue weighted by Gasteiger charge is 2.39. The molecule has 2 aliphatic rings. The number of hydrogen-bond acceptors (Lipinski definition) is 8. The van der Waals surface area contributed by atoms with Crippen molar-refractivity contribution in [3.63, 3.8) is 0 Å². The van der Waals surface area contributed by atoms with Gasteiger partial charge < -0.3 is 20.8 Å². The van der Waals surface area contributed by atoms with E-state index in [2.05, 4.69) is 31.3 Å². The highest BCUT2D eigenvalue weighted by Crippen LogP contribution is 2.27. The first-order valence-electron chi connectivity index (χ1n) is 12.8. The second kappa shape index (κ2) is 15.3. The molecular weight excluding hydrogens is 580 g/mol. The number of hydrogen-bond donors (Lipinski definition) is 3. The molecule has 234 valence electrons. The summed E-state index contributed by atoms with van der Waals surface area (Å²) >= 11 is 0. The molecule has 2 saturated heterocycles. The summed E-state index contributed by atoms with van der Waals surface area (Å²) in [5.41, 5.74) is 7.04. The van der Waals surface area contributed by atoms with E-state index in [-0.39, 0.29) is 0 Å². The van der Waals surface area contributed by atoms with Crippen LogP contribution in [-0.2, 0) is 16.1 Å². The minimum atomic E-state index is -5.08. The van der Waals surface area contributed by atoms with Crippen molar-refractivity contribution in [2.24, 2.45) is 5.73 Å². The number of alkyl halides is 6. The Balaban J connectivity index is 0.000000367. The molecular formula is C24H31F6N7O5. The Morgan fingerprint density at radius 1 is 0.905 bits per heavy atom. The van der Waals surface area contributed by atoms with E-state index in [1.54, 1.807) is 18.3 Å². The highest BCUT2D eigenvalue weighted by atomic mass is 19.4. The van der Waals surface area contributed by atoms with E-state index < -0.39 is 30.2 Å². The monoisotopic (exact) mass is 611 g/mol. The van der Waals surface area contributed by atoms with Gasteiger partial charge >= 0.3 is 24.3 Å². The number of amides is 1. The Labute approximate surface area is 236 Å². The lowest BCUT2D eigenvalue weighted by Crippen LogP contribution is -2.36. The van der Waals surface area contributed by atoms with E-state index >= 15 is 0 Å². The summed E-state index contributed by atoms with van der Waals surface area (Å²) in [6.07, 6.45) is 0.801. The SMILES string of the molecule is NC(=O)c1cccnc1N1CCC(n2cc(CN3CCCCCC3)nn2)CC1.O=C(O)C(F)(F)F.O=C(O)C(F)(F)F. The van der Waals surface area contributed by atoms with Crippen LogP contribution in [-0.4, -0.2) is 91.5 Å². The smallest absolute Gasteiger partial charge is 0.475 e. The molecule has 2 aliphatic heterocycles. The number of carbonyl (C=O) groups is 3. The molecule has 0 aliphatic carbocycles. The molecule has 0 aromatic carbocycles. The molecule has 0 spiro atoms. The zero-order valence-corrected chi connectivity index (χ0v) is 22.3. The Morgan fingerprint density at radius 3 is 1.90 bits per heavy atom. The van der Waals surface area contributed by atoms with Crippen molar-refractivity contribution in [2.75, 3.05) is 31.1 Å². The van der Waals surface area contributed by atoms with E-state index in [1.807, 2.05) is 4.68 Å². The molecule has 2 aromatic rings. The predicted molar refractivity (Wildman–Crippen MR) is 134 cm³/mol. The minimum absolute atomic E-state index is 0.336. The average molecular weight is 612 g/mol. The quantitative estimate of drug-likeness (QED) is 0.427. The first-order valence-corrected chi connectivity index (χ1v) is 12.8. The zero-order valence-electron chi connectivity index (χ0n) is 22.3. The van der Waals surface area contributed by atoms with E-state index in [0.717, 1.165) is 51.3 Å². The third-order valence-corrected chi connectivity index (χ3v) is 6.32. The lowest BCUT2D eigenvalue weighted by atomic mass is 10.0. The maximum absolute atomic E-state index is 11.7. The number of halogens is 6. The summed E-state index contributed by atoms with van der Waals surface area (Å²) in [6, 6.07) is 3.82. The van der Waals surface area contributed by atoms with Crippen LogP contribution in [0.1, 0.15) is 60.6 Å². The fourth-order valence-electron chi connectivity index (χ4n) is 4.27. The van der Waals surface area contributed by atoms with E-state index in [0.29, 0.717) is 17.4 Å². The second-order valence-corrected chi connectivity index (χ2v) is 9.44. The van der Waals surface area contributed by atoms with Crippen LogP contribution in [0.15, 0.2) is 24.5 Å². The van der Waals surface area contributed by atoms with Crippen molar-refractivity contribution >= 4 is 23.7 Å². The molecule has 4 N–H and O–H groups in total. The van der Waals surface area contributed by atoms with Gasteiger partial charge in [0.15, 0.2) is 0 Å². The van der Waals surface area contributed by atoms with Gasteiger partial charge in [0.2, 0.25) is 0 Å². The predicted octanol–water partition coefficient (Wildman–Crippen LogP) is 3.26. The van der Waals surface area contributed by atoms with Gasteiger partial charge in [-0.15, -0.1) is 5.10 Å². The summed E-state index contributed by atoms with van der Waals surface area (Å²) in [4.78, 5) is 38.5. The molecule has 42 heavy (non-hydrogen) atoms. The van der Waals surface area contributed by atoms with Crippen LogP contribution < -0.4 is 10.6 Å². The number of nitrogens with zero attached hydrogens (tertiary/aromatic N) is 6. The van der Waals surface area contributed by atoms with Gasteiger partial charge in [0.05, 0.1) is 23.5 Å². The summed E-state index contributed by atoms with van der Waals surface area (Å²) in [5, 5.41) is 23.1. The fraction of sp³-hybridized carbons (Fsp3) is 0.583. The van der Waals surface area contributed by atoms with Crippen molar-refractivity contribution in [2.45, 2.75) is 63.5 Å².